The van der Waals surface area contributed by atoms with Gasteiger partial charge in [-0.05, 0) is 18.6 Å². The van der Waals surface area contributed by atoms with Crippen molar-refractivity contribution in [2.75, 3.05) is 4.90 Å². The maximum Gasteiger partial charge on any atom is 0.309 e. The third-order valence-corrected chi connectivity index (χ3v) is 3.23. The van der Waals surface area contributed by atoms with Crippen LogP contribution in [0.1, 0.15) is 19.8 Å². The zero-order chi connectivity index (χ0) is 12.4. The number of benzene rings is 1. The quantitative estimate of drug-likeness (QED) is 0.867. The normalized spacial score (nSPS) is 24.1. The molecular formula is C13H15NO3. The van der Waals surface area contributed by atoms with Gasteiger partial charge in [0.1, 0.15) is 0 Å². The molecule has 17 heavy (non-hydrogen) atoms. The first-order valence-electron chi connectivity index (χ1n) is 5.75. The lowest BCUT2D eigenvalue weighted by Gasteiger charge is -2.25. The lowest BCUT2D eigenvalue weighted by molar-refractivity contribution is -0.142. The third-order valence-electron chi connectivity index (χ3n) is 3.23. The Balaban J connectivity index is 2.34. The SMILES string of the molecule is CCC1C(C(=O)O)CC(=O)N1c1ccccc1. The molecule has 0 saturated carbocycles. The largest absolute Gasteiger partial charge is 0.481 e. The Morgan fingerprint density at radius 1 is 1.41 bits per heavy atom. The Hall–Kier alpha value is -1.84. The molecule has 2 rings (SSSR count). The van der Waals surface area contributed by atoms with Crippen LogP contribution < -0.4 is 4.90 Å². The Kier molecular flexibility index (Phi) is 3.13. The van der Waals surface area contributed by atoms with Crippen LogP contribution in [-0.4, -0.2) is 23.0 Å². The van der Waals surface area contributed by atoms with Gasteiger partial charge in [-0.1, -0.05) is 25.1 Å². The van der Waals surface area contributed by atoms with Gasteiger partial charge in [-0.2, -0.15) is 0 Å². The number of aliphatic carboxylic acids is 1. The Morgan fingerprint density at radius 2 is 2.06 bits per heavy atom. The zero-order valence-electron chi connectivity index (χ0n) is 9.67. The molecule has 4 heteroatoms. The summed E-state index contributed by atoms with van der Waals surface area (Å²) in [5.74, 6) is -1.58. The minimum Gasteiger partial charge on any atom is -0.481 e. The Labute approximate surface area is 99.9 Å². The number of nitrogens with zero attached hydrogens (tertiary/aromatic N) is 1. The van der Waals surface area contributed by atoms with E-state index in [1.165, 1.54) is 0 Å². The van der Waals surface area contributed by atoms with Gasteiger partial charge < -0.3 is 10.0 Å². The maximum absolute atomic E-state index is 11.9. The molecule has 0 aliphatic carbocycles. The van der Waals surface area contributed by atoms with Crippen LogP contribution in [-0.2, 0) is 9.59 Å². The van der Waals surface area contributed by atoms with Crippen LogP contribution in [0.5, 0.6) is 0 Å². The summed E-state index contributed by atoms with van der Waals surface area (Å²) in [4.78, 5) is 24.7. The van der Waals surface area contributed by atoms with E-state index < -0.39 is 11.9 Å². The van der Waals surface area contributed by atoms with E-state index in [1.807, 2.05) is 37.3 Å². The van der Waals surface area contributed by atoms with Crippen LogP contribution in [0.15, 0.2) is 30.3 Å². The van der Waals surface area contributed by atoms with Crippen molar-refractivity contribution in [3.63, 3.8) is 0 Å². The van der Waals surface area contributed by atoms with E-state index in [2.05, 4.69) is 0 Å². The van der Waals surface area contributed by atoms with E-state index in [4.69, 9.17) is 5.11 Å². The van der Waals surface area contributed by atoms with Gasteiger partial charge in [0.15, 0.2) is 0 Å². The minimum absolute atomic E-state index is 0.0999. The molecule has 1 aromatic carbocycles. The lowest BCUT2D eigenvalue weighted by Crippen LogP contribution is -2.36. The number of amides is 1. The van der Waals surface area contributed by atoms with Crippen molar-refractivity contribution >= 4 is 17.6 Å². The fourth-order valence-corrected chi connectivity index (χ4v) is 2.43. The number of carboxylic acid groups (broad SMARTS) is 1. The molecule has 0 bridgehead atoms. The fraction of sp³-hybridized carbons (Fsp3) is 0.385. The summed E-state index contributed by atoms with van der Waals surface area (Å²) in [6.45, 7) is 1.91. The molecule has 1 aromatic rings. The molecule has 1 amide bonds. The van der Waals surface area contributed by atoms with Gasteiger partial charge in [-0.15, -0.1) is 0 Å². The highest BCUT2D eigenvalue weighted by atomic mass is 16.4. The van der Waals surface area contributed by atoms with Crippen LogP contribution in [0.25, 0.3) is 0 Å². The molecule has 1 fully saturated rings. The molecule has 1 heterocycles. The molecular weight excluding hydrogens is 218 g/mol. The van der Waals surface area contributed by atoms with Gasteiger partial charge in [-0.25, -0.2) is 0 Å². The van der Waals surface area contributed by atoms with E-state index in [0.29, 0.717) is 6.42 Å². The molecule has 0 spiro atoms. The second-order valence-corrected chi connectivity index (χ2v) is 4.22. The number of carbonyl (C=O) groups is 2. The Morgan fingerprint density at radius 3 is 2.59 bits per heavy atom. The van der Waals surface area contributed by atoms with E-state index in [1.54, 1.807) is 4.90 Å². The van der Waals surface area contributed by atoms with Gasteiger partial charge >= 0.3 is 5.97 Å². The van der Waals surface area contributed by atoms with Crippen molar-refractivity contribution in [1.29, 1.82) is 0 Å². The predicted molar refractivity (Wildman–Crippen MR) is 63.7 cm³/mol. The van der Waals surface area contributed by atoms with Crippen LogP contribution in [0.4, 0.5) is 5.69 Å². The number of carboxylic acids is 1. The van der Waals surface area contributed by atoms with Crippen molar-refractivity contribution in [3.8, 4) is 0 Å². The maximum atomic E-state index is 11.9. The Bertz CT molecular complexity index is 430. The van der Waals surface area contributed by atoms with Crippen LogP contribution in [0.3, 0.4) is 0 Å². The van der Waals surface area contributed by atoms with Crippen molar-refractivity contribution in [1.82, 2.24) is 0 Å². The van der Waals surface area contributed by atoms with E-state index in [9.17, 15) is 9.59 Å². The lowest BCUT2D eigenvalue weighted by atomic mass is 9.98. The average Bonchev–Trinajstić information content (AvgIpc) is 2.67. The molecule has 1 N–H and O–H groups in total. The summed E-state index contributed by atoms with van der Waals surface area (Å²) in [6.07, 6.45) is 0.750. The second kappa shape index (κ2) is 4.57. The molecule has 0 aromatic heterocycles. The number of hydrogen-bond acceptors (Lipinski definition) is 2. The van der Waals surface area contributed by atoms with E-state index in [-0.39, 0.29) is 18.4 Å². The summed E-state index contributed by atoms with van der Waals surface area (Å²) < 4.78 is 0. The highest BCUT2D eigenvalue weighted by Gasteiger charge is 2.43. The summed E-state index contributed by atoms with van der Waals surface area (Å²) in [7, 11) is 0. The number of carbonyl (C=O) groups excluding carboxylic acids is 1. The van der Waals surface area contributed by atoms with Gasteiger partial charge in [0.2, 0.25) is 5.91 Å². The van der Waals surface area contributed by atoms with Gasteiger partial charge in [0.25, 0.3) is 0 Å². The molecule has 1 aliphatic heterocycles. The smallest absolute Gasteiger partial charge is 0.309 e. The van der Waals surface area contributed by atoms with Gasteiger partial charge in [0, 0.05) is 12.1 Å². The highest BCUT2D eigenvalue weighted by Crippen LogP contribution is 2.32. The zero-order valence-corrected chi connectivity index (χ0v) is 9.67. The molecule has 2 unspecified atom stereocenters. The standard InChI is InChI=1S/C13H15NO3/c1-2-11-10(13(16)17)8-12(15)14(11)9-6-4-3-5-7-9/h3-7,10-11H,2,8H2,1H3,(H,16,17). The molecule has 4 nitrogen and oxygen atoms in total. The van der Waals surface area contributed by atoms with Gasteiger partial charge in [-0.3, -0.25) is 9.59 Å². The number of hydrogen-bond donors (Lipinski definition) is 1. The third kappa shape index (κ3) is 2.02. The van der Waals surface area contributed by atoms with E-state index >= 15 is 0 Å². The monoisotopic (exact) mass is 233 g/mol. The van der Waals surface area contributed by atoms with Gasteiger partial charge in [0.05, 0.1) is 12.0 Å². The summed E-state index contributed by atoms with van der Waals surface area (Å²) in [6, 6.07) is 9.02. The molecule has 1 aliphatic rings. The molecule has 1 saturated heterocycles. The summed E-state index contributed by atoms with van der Waals surface area (Å²) in [5, 5.41) is 9.12. The molecule has 90 valence electrons. The van der Waals surface area contributed by atoms with Crippen molar-refractivity contribution in [2.45, 2.75) is 25.8 Å². The van der Waals surface area contributed by atoms with E-state index in [0.717, 1.165) is 5.69 Å². The first-order valence-corrected chi connectivity index (χ1v) is 5.75. The predicted octanol–water partition coefficient (Wildman–Crippen LogP) is 1.90. The van der Waals surface area contributed by atoms with Crippen LogP contribution in [0, 0.1) is 5.92 Å². The van der Waals surface area contributed by atoms with Crippen LogP contribution >= 0.6 is 0 Å². The van der Waals surface area contributed by atoms with Crippen LogP contribution in [0.2, 0.25) is 0 Å². The topological polar surface area (TPSA) is 57.6 Å². The first kappa shape index (κ1) is 11.6. The molecule has 0 radical (unpaired) electrons. The second-order valence-electron chi connectivity index (χ2n) is 4.22. The van der Waals surface area contributed by atoms with Crippen molar-refractivity contribution in [2.24, 2.45) is 5.92 Å². The summed E-state index contributed by atoms with van der Waals surface area (Å²) in [5.41, 5.74) is 0.785. The number of anilines is 1. The number of para-hydroxylation sites is 1. The minimum atomic E-state index is -0.886. The van der Waals surface area contributed by atoms with Crippen molar-refractivity contribution in [3.05, 3.63) is 30.3 Å². The number of rotatable bonds is 3. The van der Waals surface area contributed by atoms with Crippen molar-refractivity contribution < 1.29 is 14.7 Å². The first-order chi connectivity index (χ1) is 8.15. The highest BCUT2D eigenvalue weighted by molar-refractivity contribution is 6.00. The summed E-state index contributed by atoms with van der Waals surface area (Å²) >= 11 is 0. The average molecular weight is 233 g/mol. The molecule has 2 atom stereocenters. The fourth-order valence-electron chi connectivity index (χ4n) is 2.43.